The van der Waals surface area contributed by atoms with Crippen LogP contribution in [0.2, 0.25) is 0 Å². The second kappa shape index (κ2) is 7.50. The molecule has 2 heterocycles. The molecular formula is C22H21N3O4. The van der Waals surface area contributed by atoms with E-state index in [4.69, 9.17) is 4.74 Å². The number of nitrogens with zero attached hydrogens (tertiary/aromatic N) is 2. The zero-order chi connectivity index (χ0) is 20.5. The lowest BCUT2D eigenvalue weighted by Crippen LogP contribution is -2.22. The van der Waals surface area contributed by atoms with E-state index >= 15 is 0 Å². The standard InChI is InChI=1S/C22H21N3O4/c1-13-10-15-8-9-16(23-12-19(26)14-6-7-14)11-17(15)21(27)25(13)20-5-3-4-18(24-20)22(28)29-2/h3-5,8-11,14,23H,6-7,12H2,1-2H3. The number of pyridine rings is 2. The van der Waals surface area contributed by atoms with Gasteiger partial charge in [-0.25, -0.2) is 9.78 Å². The Kier molecular flexibility index (Phi) is 4.88. The molecule has 1 N–H and O–H groups in total. The van der Waals surface area contributed by atoms with Gasteiger partial charge in [-0.1, -0.05) is 12.1 Å². The number of rotatable bonds is 6. The minimum atomic E-state index is -0.565. The maximum absolute atomic E-state index is 13.2. The summed E-state index contributed by atoms with van der Waals surface area (Å²) in [6.45, 7) is 2.08. The van der Waals surface area contributed by atoms with Crippen molar-refractivity contribution in [3.05, 3.63) is 64.2 Å². The molecule has 2 aromatic heterocycles. The summed E-state index contributed by atoms with van der Waals surface area (Å²) in [5, 5.41) is 4.42. The first-order chi connectivity index (χ1) is 14.0. The number of anilines is 1. The zero-order valence-corrected chi connectivity index (χ0v) is 16.3. The summed E-state index contributed by atoms with van der Waals surface area (Å²) in [5.74, 6) is 0.177. The number of ketones is 1. The van der Waals surface area contributed by atoms with Gasteiger partial charge >= 0.3 is 5.97 Å². The number of aromatic nitrogens is 2. The fourth-order valence-corrected chi connectivity index (χ4v) is 3.34. The first kappa shape index (κ1) is 18.9. The monoisotopic (exact) mass is 391 g/mol. The van der Waals surface area contributed by atoms with Crippen LogP contribution in [0.15, 0.2) is 47.3 Å². The van der Waals surface area contributed by atoms with E-state index in [-0.39, 0.29) is 29.5 Å². The van der Waals surface area contributed by atoms with E-state index in [2.05, 4.69) is 10.3 Å². The third-order valence-corrected chi connectivity index (χ3v) is 5.06. The van der Waals surface area contributed by atoms with E-state index in [1.807, 2.05) is 25.1 Å². The molecule has 0 aliphatic heterocycles. The van der Waals surface area contributed by atoms with Gasteiger partial charge in [0.2, 0.25) is 0 Å². The van der Waals surface area contributed by atoms with Crippen molar-refractivity contribution in [1.29, 1.82) is 0 Å². The fourth-order valence-electron chi connectivity index (χ4n) is 3.34. The van der Waals surface area contributed by atoms with Gasteiger partial charge in [0, 0.05) is 22.7 Å². The Labute approximate surface area is 167 Å². The van der Waals surface area contributed by atoms with Crippen molar-refractivity contribution in [3.63, 3.8) is 0 Å². The summed E-state index contributed by atoms with van der Waals surface area (Å²) in [4.78, 5) is 41.2. The van der Waals surface area contributed by atoms with Crippen LogP contribution in [0.3, 0.4) is 0 Å². The van der Waals surface area contributed by atoms with Crippen LogP contribution in [0.25, 0.3) is 16.6 Å². The molecule has 0 bridgehead atoms. The molecule has 0 atom stereocenters. The van der Waals surface area contributed by atoms with Gasteiger partial charge in [0.1, 0.15) is 5.82 Å². The number of ether oxygens (including phenoxy) is 1. The van der Waals surface area contributed by atoms with Crippen molar-refractivity contribution in [2.75, 3.05) is 19.0 Å². The molecule has 148 valence electrons. The SMILES string of the molecule is COC(=O)c1cccc(-n2c(C)cc3ccc(NCC(=O)C4CC4)cc3c2=O)n1. The second-order valence-electron chi connectivity index (χ2n) is 7.20. The number of esters is 1. The van der Waals surface area contributed by atoms with Crippen LogP contribution in [-0.4, -0.2) is 35.0 Å². The average Bonchev–Trinajstić information content (AvgIpc) is 3.57. The highest BCUT2D eigenvalue weighted by Crippen LogP contribution is 2.29. The molecule has 1 fully saturated rings. The van der Waals surface area contributed by atoms with Gasteiger partial charge in [-0.15, -0.1) is 0 Å². The van der Waals surface area contributed by atoms with Gasteiger partial charge in [-0.3, -0.25) is 14.2 Å². The van der Waals surface area contributed by atoms with E-state index in [1.54, 1.807) is 18.2 Å². The Morgan fingerprint density at radius 3 is 2.72 bits per heavy atom. The Hall–Kier alpha value is -3.48. The highest BCUT2D eigenvalue weighted by Gasteiger charge is 2.28. The number of nitrogens with one attached hydrogen (secondary N) is 1. The normalized spacial score (nSPS) is 13.3. The van der Waals surface area contributed by atoms with Crippen molar-refractivity contribution in [1.82, 2.24) is 9.55 Å². The first-order valence-corrected chi connectivity index (χ1v) is 9.46. The highest BCUT2D eigenvalue weighted by molar-refractivity contribution is 5.89. The van der Waals surface area contributed by atoms with Gasteiger partial charge in [0.15, 0.2) is 11.5 Å². The molecule has 0 unspecified atom stereocenters. The summed E-state index contributed by atoms with van der Waals surface area (Å²) in [5.41, 5.74) is 1.30. The molecule has 0 amide bonds. The van der Waals surface area contributed by atoms with E-state index in [9.17, 15) is 14.4 Å². The van der Waals surface area contributed by atoms with Crippen molar-refractivity contribution < 1.29 is 14.3 Å². The lowest BCUT2D eigenvalue weighted by atomic mass is 10.1. The van der Waals surface area contributed by atoms with Crippen LogP contribution in [0, 0.1) is 12.8 Å². The Bertz CT molecular complexity index is 1180. The maximum Gasteiger partial charge on any atom is 0.356 e. The fraction of sp³-hybridized carbons (Fsp3) is 0.273. The molecule has 7 heteroatoms. The molecule has 7 nitrogen and oxygen atoms in total. The lowest BCUT2D eigenvalue weighted by Gasteiger charge is -2.13. The number of hydrogen-bond donors (Lipinski definition) is 1. The van der Waals surface area contributed by atoms with Crippen LogP contribution in [0.4, 0.5) is 5.69 Å². The molecule has 29 heavy (non-hydrogen) atoms. The largest absolute Gasteiger partial charge is 0.464 e. The minimum Gasteiger partial charge on any atom is -0.464 e. The van der Waals surface area contributed by atoms with E-state index in [1.165, 1.54) is 17.7 Å². The summed E-state index contributed by atoms with van der Waals surface area (Å²) in [7, 11) is 1.28. The van der Waals surface area contributed by atoms with Gasteiger partial charge in [-0.2, -0.15) is 0 Å². The van der Waals surface area contributed by atoms with Crippen LogP contribution in [0.1, 0.15) is 29.0 Å². The van der Waals surface area contributed by atoms with Gasteiger partial charge in [-0.05, 0) is 55.5 Å². The number of Topliss-reactive ketones (excluding diaryl/α,β-unsaturated/α-hetero) is 1. The topological polar surface area (TPSA) is 90.3 Å². The van der Waals surface area contributed by atoms with E-state index in [0.717, 1.165) is 23.9 Å². The van der Waals surface area contributed by atoms with E-state index < -0.39 is 5.97 Å². The average molecular weight is 391 g/mol. The lowest BCUT2D eigenvalue weighted by molar-refractivity contribution is -0.118. The Morgan fingerprint density at radius 1 is 1.21 bits per heavy atom. The second-order valence-corrected chi connectivity index (χ2v) is 7.20. The minimum absolute atomic E-state index is 0.130. The molecule has 1 saturated carbocycles. The number of aryl methyl sites for hydroxylation is 1. The van der Waals surface area contributed by atoms with Gasteiger partial charge < -0.3 is 10.1 Å². The molecule has 1 aromatic carbocycles. The number of fused-ring (bicyclic) bond motifs is 1. The molecule has 1 aliphatic rings. The summed E-state index contributed by atoms with van der Waals surface area (Å²) < 4.78 is 6.18. The van der Waals surface area contributed by atoms with Crippen molar-refractivity contribution in [2.24, 2.45) is 5.92 Å². The van der Waals surface area contributed by atoms with Gasteiger partial charge in [0.25, 0.3) is 5.56 Å². The number of carbonyl (C=O) groups is 2. The number of carbonyl (C=O) groups excluding carboxylic acids is 2. The molecule has 4 rings (SSSR count). The predicted octanol–water partition coefficient (Wildman–Crippen LogP) is 2.87. The predicted molar refractivity (Wildman–Crippen MR) is 110 cm³/mol. The van der Waals surface area contributed by atoms with Crippen molar-refractivity contribution >= 4 is 28.2 Å². The third kappa shape index (κ3) is 3.76. The molecule has 3 aromatic rings. The zero-order valence-electron chi connectivity index (χ0n) is 16.3. The van der Waals surface area contributed by atoms with Crippen LogP contribution < -0.4 is 10.9 Å². The molecule has 0 spiro atoms. The molecule has 0 saturated heterocycles. The number of methoxy groups -OCH3 is 1. The van der Waals surface area contributed by atoms with Gasteiger partial charge in [0.05, 0.1) is 13.7 Å². The maximum atomic E-state index is 13.2. The Balaban J connectivity index is 1.73. The van der Waals surface area contributed by atoms with Crippen LogP contribution in [0.5, 0.6) is 0 Å². The van der Waals surface area contributed by atoms with E-state index in [0.29, 0.717) is 16.9 Å². The Morgan fingerprint density at radius 2 is 2.00 bits per heavy atom. The first-order valence-electron chi connectivity index (χ1n) is 9.46. The van der Waals surface area contributed by atoms with Crippen LogP contribution >= 0.6 is 0 Å². The third-order valence-electron chi connectivity index (χ3n) is 5.06. The van der Waals surface area contributed by atoms with Crippen molar-refractivity contribution in [3.8, 4) is 5.82 Å². The number of benzene rings is 1. The van der Waals surface area contributed by atoms with Crippen LogP contribution in [-0.2, 0) is 9.53 Å². The quantitative estimate of drug-likeness (QED) is 0.650. The van der Waals surface area contributed by atoms with Crippen molar-refractivity contribution in [2.45, 2.75) is 19.8 Å². The number of hydrogen-bond acceptors (Lipinski definition) is 6. The summed E-state index contributed by atoms with van der Waals surface area (Å²) >= 11 is 0. The summed E-state index contributed by atoms with van der Waals surface area (Å²) in [6.07, 6.45) is 1.94. The highest BCUT2D eigenvalue weighted by atomic mass is 16.5. The summed E-state index contributed by atoms with van der Waals surface area (Å²) in [6, 6.07) is 12.2. The molecule has 1 aliphatic carbocycles. The molecular weight excluding hydrogens is 370 g/mol. The molecule has 0 radical (unpaired) electrons. The smallest absolute Gasteiger partial charge is 0.356 e.